The Kier molecular flexibility index (Phi) is 4.66. The number of aliphatic hydroxyl groups excluding tert-OH is 1. The third-order valence-electron chi connectivity index (χ3n) is 5.26. The number of amides is 1. The van der Waals surface area contributed by atoms with Crippen molar-refractivity contribution in [3.63, 3.8) is 0 Å². The number of rotatable bonds is 4. The van der Waals surface area contributed by atoms with Crippen LogP contribution in [0.4, 0.5) is 10.2 Å². The average molecular weight is 396 g/mol. The molecule has 8 heteroatoms. The van der Waals surface area contributed by atoms with Crippen molar-refractivity contribution < 1.29 is 14.3 Å². The highest BCUT2D eigenvalue weighted by Crippen LogP contribution is 2.34. The monoisotopic (exact) mass is 396 g/mol. The van der Waals surface area contributed by atoms with Gasteiger partial charge in [0.1, 0.15) is 12.0 Å². The van der Waals surface area contributed by atoms with Gasteiger partial charge in [0.05, 0.1) is 23.2 Å². The molecule has 1 aliphatic rings. The number of carbonyl (C=O) groups is 1. The predicted molar refractivity (Wildman–Crippen MR) is 107 cm³/mol. The molecule has 3 atom stereocenters. The number of fused-ring (bicyclic) bond motifs is 1. The van der Waals surface area contributed by atoms with Crippen LogP contribution in [0.5, 0.6) is 0 Å². The smallest absolute Gasteiger partial charge is 0.258 e. The highest BCUT2D eigenvalue weighted by molar-refractivity contribution is 5.95. The van der Waals surface area contributed by atoms with Gasteiger partial charge in [0.2, 0.25) is 5.91 Å². The second-order valence-electron chi connectivity index (χ2n) is 7.50. The molecule has 3 aromatic heterocycles. The van der Waals surface area contributed by atoms with Crippen molar-refractivity contribution in [2.75, 3.05) is 5.32 Å². The van der Waals surface area contributed by atoms with E-state index in [4.69, 9.17) is 0 Å². The molecule has 1 saturated carbocycles. The number of pyridine rings is 3. The zero-order valence-electron chi connectivity index (χ0n) is 16.3. The molecule has 0 bridgehead atoms. The first kappa shape index (κ1) is 19.2. The van der Waals surface area contributed by atoms with E-state index in [2.05, 4.69) is 15.3 Å². The Labute approximate surface area is 166 Å². The molecule has 0 aromatic carbocycles. The van der Waals surface area contributed by atoms with Crippen LogP contribution in [0.15, 0.2) is 35.4 Å². The molecule has 2 N–H and O–H groups in total. The normalized spacial score (nSPS) is 19.2. The lowest BCUT2D eigenvalue weighted by Crippen LogP contribution is -2.20. The van der Waals surface area contributed by atoms with E-state index in [1.807, 2.05) is 6.92 Å². The number of nitrogens with one attached hydrogen (secondary N) is 1. The summed E-state index contributed by atoms with van der Waals surface area (Å²) in [6.07, 6.45) is 1.62. The number of nitrogens with zero attached hydrogens (tertiary/aromatic N) is 3. The van der Waals surface area contributed by atoms with Gasteiger partial charge in [-0.2, -0.15) is 0 Å². The molecule has 1 fully saturated rings. The summed E-state index contributed by atoms with van der Waals surface area (Å²) in [6, 6.07) is 5.10. The van der Waals surface area contributed by atoms with E-state index in [1.54, 1.807) is 44.6 Å². The van der Waals surface area contributed by atoms with Crippen molar-refractivity contribution in [2.45, 2.75) is 32.5 Å². The average Bonchev–Trinajstić information content (AvgIpc) is 3.42. The SMILES string of the molecule is Cc1cc([C@H](C)O)ncc1-c1cc2cnc(NC(=O)[C@H]3C[C@H]3F)cc2n(C)c1=O. The van der Waals surface area contributed by atoms with Gasteiger partial charge in [-0.1, -0.05) is 0 Å². The summed E-state index contributed by atoms with van der Waals surface area (Å²) < 4.78 is 14.5. The molecule has 3 heterocycles. The maximum Gasteiger partial charge on any atom is 0.258 e. The van der Waals surface area contributed by atoms with Crippen LogP contribution >= 0.6 is 0 Å². The quantitative estimate of drug-likeness (QED) is 0.707. The zero-order chi connectivity index (χ0) is 20.9. The molecule has 29 heavy (non-hydrogen) atoms. The van der Waals surface area contributed by atoms with Gasteiger partial charge < -0.3 is 15.0 Å². The first-order valence-electron chi connectivity index (χ1n) is 9.36. The van der Waals surface area contributed by atoms with Crippen molar-refractivity contribution >= 4 is 22.6 Å². The van der Waals surface area contributed by atoms with Gasteiger partial charge in [0.25, 0.3) is 5.56 Å². The number of hydrogen-bond donors (Lipinski definition) is 2. The summed E-state index contributed by atoms with van der Waals surface area (Å²) in [5.74, 6) is -0.729. The van der Waals surface area contributed by atoms with Crippen LogP contribution in [-0.2, 0) is 11.8 Å². The summed E-state index contributed by atoms with van der Waals surface area (Å²) in [4.78, 5) is 33.4. The number of alkyl halides is 1. The van der Waals surface area contributed by atoms with Crippen LogP contribution in [-0.4, -0.2) is 31.7 Å². The van der Waals surface area contributed by atoms with E-state index < -0.39 is 24.1 Å². The van der Waals surface area contributed by atoms with Gasteiger partial charge >= 0.3 is 0 Å². The molecule has 0 saturated heterocycles. The summed E-state index contributed by atoms with van der Waals surface area (Å²) in [5.41, 5.74) is 2.90. The fraction of sp³-hybridized carbons (Fsp3) is 0.333. The van der Waals surface area contributed by atoms with Crippen LogP contribution in [0.2, 0.25) is 0 Å². The van der Waals surface area contributed by atoms with Crippen LogP contribution in [0, 0.1) is 12.8 Å². The summed E-state index contributed by atoms with van der Waals surface area (Å²) >= 11 is 0. The molecule has 1 amide bonds. The van der Waals surface area contributed by atoms with Crippen LogP contribution < -0.4 is 10.9 Å². The number of carbonyl (C=O) groups excluding carboxylic acids is 1. The van der Waals surface area contributed by atoms with E-state index in [0.29, 0.717) is 27.7 Å². The molecule has 0 radical (unpaired) electrons. The first-order valence-corrected chi connectivity index (χ1v) is 9.36. The highest BCUT2D eigenvalue weighted by atomic mass is 19.1. The highest BCUT2D eigenvalue weighted by Gasteiger charge is 2.43. The van der Waals surface area contributed by atoms with Crippen LogP contribution in [0.3, 0.4) is 0 Å². The molecule has 4 rings (SSSR count). The molecule has 7 nitrogen and oxygen atoms in total. The van der Waals surface area contributed by atoms with E-state index in [9.17, 15) is 19.1 Å². The Morgan fingerprint density at radius 1 is 1.28 bits per heavy atom. The van der Waals surface area contributed by atoms with Gasteiger partial charge in [-0.3, -0.25) is 14.6 Å². The fourth-order valence-corrected chi connectivity index (χ4v) is 3.37. The lowest BCUT2D eigenvalue weighted by molar-refractivity contribution is -0.117. The summed E-state index contributed by atoms with van der Waals surface area (Å²) in [6.45, 7) is 3.49. The first-order chi connectivity index (χ1) is 13.8. The lowest BCUT2D eigenvalue weighted by Gasteiger charge is -2.13. The number of aryl methyl sites for hydroxylation is 2. The molecular weight excluding hydrogens is 375 g/mol. The Bertz CT molecular complexity index is 1190. The Balaban J connectivity index is 1.74. The van der Waals surface area contributed by atoms with Gasteiger partial charge in [-0.05, 0) is 38.0 Å². The molecular formula is C21H21FN4O3. The zero-order valence-corrected chi connectivity index (χ0v) is 16.3. The van der Waals surface area contributed by atoms with Gasteiger partial charge in [0, 0.05) is 42.0 Å². The second-order valence-corrected chi connectivity index (χ2v) is 7.50. The van der Waals surface area contributed by atoms with E-state index in [-0.39, 0.29) is 17.8 Å². The van der Waals surface area contributed by atoms with Gasteiger partial charge in [-0.15, -0.1) is 0 Å². The number of aliphatic hydroxyl groups is 1. The van der Waals surface area contributed by atoms with E-state index in [0.717, 1.165) is 5.56 Å². The topological polar surface area (TPSA) is 97.1 Å². The maximum atomic E-state index is 13.1. The summed E-state index contributed by atoms with van der Waals surface area (Å²) in [5, 5.41) is 13.0. The minimum absolute atomic E-state index is 0.221. The molecule has 3 aromatic rings. The number of halogens is 1. The van der Waals surface area contributed by atoms with E-state index in [1.165, 1.54) is 4.57 Å². The van der Waals surface area contributed by atoms with Crippen molar-refractivity contribution in [2.24, 2.45) is 13.0 Å². The number of anilines is 1. The summed E-state index contributed by atoms with van der Waals surface area (Å²) in [7, 11) is 1.64. The van der Waals surface area contributed by atoms with Crippen molar-refractivity contribution in [3.8, 4) is 11.1 Å². The van der Waals surface area contributed by atoms with Crippen molar-refractivity contribution in [1.82, 2.24) is 14.5 Å². The maximum absolute atomic E-state index is 13.1. The fourth-order valence-electron chi connectivity index (χ4n) is 3.37. The minimum atomic E-state index is -1.08. The predicted octanol–water partition coefficient (Wildman–Crippen LogP) is 2.65. The molecule has 0 spiro atoms. The Morgan fingerprint density at radius 3 is 2.62 bits per heavy atom. The standard InChI is InChI=1S/C21H21FN4O3/c1-10-4-17(11(2)27)23-9-15(10)13-5-12-8-24-19(7-18(12)26(3)21(13)29)25-20(28)14-6-16(14)22/h4-5,7-9,11,14,16,27H,6H2,1-3H3,(H,24,25,28)/t11-,14-,16+/m0/s1. The van der Waals surface area contributed by atoms with Gasteiger partial charge in [0.15, 0.2) is 0 Å². The largest absolute Gasteiger partial charge is 0.387 e. The lowest BCUT2D eigenvalue weighted by atomic mass is 10.0. The van der Waals surface area contributed by atoms with E-state index >= 15 is 0 Å². The number of aromatic nitrogens is 3. The van der Waals surface area contributed by atoms with Crippen molar-refractivity contribution in [1.29, 1.82) is 0 Å². The molecule has 1 aliphatic carbocycles. The third-order valence-corrected chi connectivity index (χ3v) is 5.26. The Hall–Kier alpha value is -3.13. The van der Waals surface area contributed by atoms with Gasteiger partial charge in [-0.25, -0.2) is 9.37 Å². The number of hydrogen-bond acceptors (Lipinski definition) is 5. The second kappa shape index (κ2) is 7.04. The molecule has 150 valence electrons. The van der Waals surface area contributed by atoms with Crippen LogP contribution in [0.25, 0.3) is 22.0 Å². The van der Waals surface area contributed by atoms with Crippen LogP contribution in [0.1, 0.15) is 30.7 Å². The molecule has 0 aliphatic heterocycles. The third kappa shape index (κ3) is 3.51. The Morgan fingerprint density at radius 2 is 2.00 bits per heavy atom. The molecule has 0 unspecified atom stereocenters. The van der Waals surface area contributed by atoms with Crippen molar-refractivity contribution in [3.05, 3.63) is 52.2 Å². The minimum Gasteiger partial charge on any atom is -0.387 e.